The molecule has 10 heteroatoms. The third kappa shape index (κ3) is 3.32. The lowest BCUT2D eigenvalue weighted by Gasteiger charge is -2.32. The molecule has 1 fully saturated rings. The van der Waals surface area contributed by atoms with E-state index in [0.29, 0.717) is 31.3 Å². The van der Waals surface area contributed by atoms with Crippen LogP contribution < -0.4 is 5.69 Å². The minimum Gasteiger partial charge on any atom is -0.246 e. The maximum absolute atomic E-state index is 12.2. The Morgan fingerprint density at radius 2 is 2.08 bits per heavy atom. The van der Waals surface area contributed by atoms with Crippen LogP contribution in [0.1, 0.15) is 18.7 Å². The van der Waals surface area contributed by atoms with E-state index < -0.39 is 10.2 Å². The summed E-state index contributed by atoms with van der Waals surface area (Å²) in [7, 11) is -0.251. The van der Waals surface area contributed by atoms with Crippen molar-refractivity contribution in [2.24, 2.45) is 5.92 Å². The molecule has 0 aliphatic carbocycles. The maximum Gasteiger partial charge on any atom is 0.348 e. The van der Waals surface area contributed by atoms with Crippen molar-refractivity contribution in [2.45, 2.75) is 19.3 Å². The summed E-state index contributed by atoms with van der Waals surface area (Å²) >= 11 is 1.49. The summed E-state index contributed by atoms with van der Waals surface area (Å²) in [6.07, 6.45) is 2.18. The highest BCUT2D eigenvalue weighted by molar-refractivity contribution is 7.86. The zero-order valence-electron chi connectivity index (χ0n) is 13.7. The molecule has 3 rings (SSSR count). The largest absolute Gasteiger partial charge is 0.348 e. The summed E-state index contributed by atoms with van der Waals surface area (Å²) in [6, 6.07) is 3.78. The Kier molecular flexibility index (Phi) is 4.90. The van der Waals surface area contributed by atoms with Gasteiger partial charge in [-0.1, -0.05) is 0 Å². The van der Waals surface area contributed by atoms with E-state index in [-0.39, 0.29) is 5.69 Å². The molecular formula is C14H21N5O3S2. The highest BCUT2D eigenvalue weighted by Gasteiger charge is 2.30. The van der Waals surface area contributed by atoms with Gasteiger partial charge in [0.2, 0.25) is 0 Å². The zero-order valence-corrected chi connectivity index (χ0v) is 15.3. The third-order valence-electron chi connectivity index (χ3n) is 4.30. The Morgan fingerprint density at radius 1 is 1.38 bits per heavy atom. The third-order valence-corrected chi connectivity index (χ3v) is 7.09. The van der Waals surface area contributed by atoms with Gasteiger partial charge >= 0.3 is 5.69 Å². The number of aromatic nitrogens is 3. The average Bonchev–Trinajstić information content (AvgIpc) is 3.17. The van der Waals surface area contributed by atoms with Gasteiger partial charge in [0.1, 0.15) is 10.8 Å². The van der Waals surface area contributed by atoms with E-state index >= 15 is 0 Å². The Bertz CT molecular complexity index is 830. The predicted octanol–water partition coefficient (Wildman–Crippen LogP) is 0.683. The number of hydrogen-bond donors (Lipinski definition) is 1. The van der Waals surface area contributed by atoms with Crippen molar-refractivity contribution in [3.05, 3.63) is 33.8 Å². The van der Waals surface area contributed by atoms with Crippen molar-refractivity contribution >= 4 is 21.5 Å². The Morgan fingerprint density at radius 3 is 2.67 bits per heavy atom. The van der Waals surface area contributed by atoms with Crippen LogP contribution in [0.5, 0.6) is 0 Å². The number of aromatic amines is 1. The first-order valence-electron chi connectivity index (χ1n) is 7.77. The summed E-state index contributed by atoms with van der Waals surface area (Å²) < 4.78 is 28.7. The lowest BCUT2D eigenvalue weighted by atomic mass is 9.94. The number of hydrogen-bond acceptors (Lipinski definition) is 5. The highest BCUT2D eigenvalue weighted by Crippen LogP contribution is 2.24. The average molecular weight is 371 g/mol. The SMILES string of the molecule is CN(C)S(=O)(=O)N1CCC(Cc2n[nH]c(=O)n2-c2cccs2)CC1. The monoisotopic (exact) mass is 371 g/mol. The standard InChI is InChI=1S/C14H21N5O3S2/c1-17(2)24(21,22)18-7-5-11(6-8-18)10-12-15-16-14(20)19(12)13-4-3-9-23-13/h3-4,9,11H,5-8,10H2,1-2H3,(H,16,20). The molecule has 0 aromatic carbocycles. The second-order valence-corrected chi connectivity index (χ2v) is 9.14. The summed E-state index contributed by atoms with van der Waals surface area (Å²) in [6.45, 7) is 0.998. The fraction of sp³-hybridized carbons (Fsp3) is 0.571. The van der Waals surface area contributed by atoms with Crippen LogP contribution in [-0.4, -0.2) is 59.0 Å². The quantitative estimate of drug-likeness (QED) is 0.837. The van der Waals surface area contributed by atoms with Crippen LogP contribution in [0.2, 0.25) is 0 Å². The van der Waals surface area contributed by atoms with Crippen LogP contribution in [0.4, 0.5) is 0 Å². The van der Waals surface area contributed by atoms with E-state index in [1.807, 2.05) is 17.5 Å². The number of thiophene rings is 1. The molecule has 0 unspecified atom stereocenters. The normalized spacial score (nSPS) is 17.6. The van der Waals surface area contributed by atoms with Crippen molar-refractivity contribution in [3.63, 3.8) is 0 Å². The molecule has 2 aromatic heterocycles. The van der Waals surface area contributed by atoms with Crippen LogP contribution in [0, 0.1) is 5.92 Å². The van der Waals surface area contributed by atoms with Gasteiger partial charge in [0.25, 0.3) is 10.2 Å². The van der Waals surface area contributed by atoms with Gasteiger partial charge in [-0.15, -0.1) is 11.3 Å². The van der Waals surface area contributed by atoms with Gasteiger partial charge in [0, 0.05) is 33.6 Å². The fourth-order valence-corrected chi connectivity index (χ4v) is 4.81. The summed E-state index contributed by atoms with van der Waals surface area (Å²) in [4.78, 5) is 12.0. The van der Waals surface area contributed by atoms with Crippen LogP contribution >= 0.6 is 11.3 Å². The molecule has 24 heavy (non-hydrogen) atoms. The molecule has 1 aliphatic heterocycles. The second-order valence-electron chi connectivity index (χ2n) is 6.07. The molecule has 8 nitrogen and oxygen atoms in total. The molecule has 132 valence electrons. The second kappa shape index (κ2) is 6.79. The van der Waals surface area contributed by atoms with Crippen molar-refractivity contribution in [1.82, 2.24) is 23.4 Å². The van der Waals surface area contributed by atoms with Crippen LogP contribution in [0.3, 0.4) is 0 Å². The van der Waals surface area contributed by atoms with Crippen molar-refractivity contribution in [2.75, 3.05) is 27.2 Å². The van der Waals surface area contributed by atoms with Gasteiger partial charge < -0.3 is 0 Å². The maximum atomic E-state index is 12.2. The molecule has 0 radical (unpaired) electrons. The van der Waals surface area contributed by atoms with Gasteiger partial charge in [-0.25, -0.2) is 14.5 Å². The lowest BCUT2D eigenvalue weighted by Crippen LogP contribution is -2.44. The number of H-pyrrole nitrogens is 1. The van der Waals surface area contributed by atoms with E-state index in [1.165, 1.54) is 19.9 Å². The predicted molar refractivity (Wildman–Crippen MR) is 92.7 cm³/mol. The Hall–Kier alpha value is -1.49. The van der Waals surface area contributed by atoms with Gasteiger partial charge in [0.15, 0.2) is 0 Å². The summed E-state index contributed by atoms with van der Waals surface area (Å²) in [5, 5.41) is 9.43. The first-order valence-corrected chi connectivity index (χ1v) is 10.0. The Labute approximate surface area is 144 Å². The van der Waals surface area contributed by atoms with E-state index in [0.717, 1.165) is 17.8 Å². The van der Waals surface area contributed by atoms with E-state index in [1.54, 1.807) is 18.7 Å². The molecule has 0 atom stereocenters. The lowest BCUT2D eigenvalue weighted by molar-refractivity contribution is 0.259. The van der Waals surface area contributed by atoms with E-state index in [9.17, 15) is 13.2 Å². The Balaban J connectivity index is 1.69. The summed E-state index contributed by atoms with van der Waals surface area (Å²) in [5.74, 6) is 1.02. The smallest absolute Gasteiger partial charge is 0.246 e. The van der Waals surface area contributed by atoms with Gasteiger partial charge in [-0.3, -0.25) is 0 Å². The van der Waals surface area contributed by atoms with Crippen molar-refractivity contribution < 1.29 is 8.42 Å². The topological polar surface area (TPSA) is 91.3 Å². The summed E-state index contributed by atoms with van der Waals surface area (Å²) in [5.41, 5.74) is -0.236. The van der Waals surface area contributed by atoms with Crippen LogP contribution in [-0.2, 0) is 16.6 Å². The van der Waals surface area contributed by atoms with Gasteiger partial charge in [-0.05, 0) is 36.3 Å². The van der Waals surface area contributed by atoms with E-state index in [4.69, 9.17) is 0 Å². The first-order chi connectivity index (χ1) is 11.4. The molecule has 3 heterocycles. The van der Waals surface area contributed by atoms with Crippen LogP contribution in [0.25, 0.3) is 5.00 Å². The molecule has 0 bridgehead atoms. The fourth-order valence-electron chi connectivity index (χ4n) is 2.92. The van der Waals surface area contributed by atoms with Gasteiger partial charge in [0.05, 0.1) is 0 Å². The van der Waals surface area contributed by atoms with Crippen molar-refractivity contribution in [3.8, 4) is 5.00 Å². The minimum atomic E-state index is -3.34. The molecule has 0 saturated carbocycles. The first kappa shape index (κ1) is 17.3. The highest BCUT2D eigenvalue weighted by atomic mass is 32.2. The van der Waals surface area contributed by atoms with Gasteiger partial charge in [-0.2, -0.15) is 22.1 Å². The molecule has 0 amide bonds. The van der Waals surface area contributed by atoms with Crippen LogP contribution in [0.15, 0.2) is 22.3 Å². The minimum absolute atomic E-state index is 0.236. The molecular weight excluding hydrogens is 350 g/mol. The molecule has 0 spiro atoms. The molecule has 1 aliphatic rings. The molecule has 1 saturated heterocycles. The number of rotatable bonds is 5. The number of nitrogens with one attached hydrogen (secondary N) is 1. The number of nitrogens with zero attached hydrogens (tertiary/aromatic N) is 4. The molecule has 2 aromatic rings. The zero-order chi connectivity index (χ0) is 17.3. The van der Waals surface area contributed by atoms with E-state index in [2.05, 4.69) is 10.2 Å². The molecule has 1 N–H and O–H groups in total. The number of piperidine rings is 1. The van der Waals surface area contributed by atoms with Crippen molar-refractivity contribution in [1.29, 1.82) is 0 Å².